The molecule has 15 heteroatoms. The maximum Gasteiger partial charge on any atom is 0.255 e. The molecule has 0 aliphatic heterocycles. The fourth-order valence-corrected chi connectivity index (χ4v) is 8.21. The number of benzene rings is 4. The molecule has 0 spiro atoms. The van der Waals surface area contributed by atoms with Crippen molar-refractivity contribution in [3.63, 3.8) is 0 Å². The summed E-state index contributed by atoms with van der Waals surface area (Å²) in [5, 5.41) is 4.50. The third-order valence-corrected chi connectivity index (χ3v) is 12.0. The van der Waals surface area contributed by atoms with Gasteiger partial charge in [0.2, 0.25) is 20.0 Å². The van der Waals surface area contributed by atoms with Gasteiger partial charge in [-0.2, -0.15) is 13.7 Å². The normalized spacial score (nSPS) is 12.0. The number of hydrogen-bond acceptors (Lipinski definition) is 9. The molecule has 0 atom stereocenters. The van der Waals surface area contributed by atoms with E-state index in [1.54, 1.807) is 60.7 Å². The van der Waals surface area contributed by atoms with Crippen LogP contribution in [0.3, 0.4) is 0 Å². The number of carbonyl (C=O) groups is 1. The fraction of sp³-hybridized carbons (Fsp3) is 0.211. The van der Waals surface area contributed by atoms with E-state index in [0.717, 1.165) is 21.0 Å². The van der Waals surface area contributed by atoms with Crippen molar-refractivity contribution in [2.75, 3.05) is 27.3 Å². The molecule has 53 heavy (non-hydrogen) atoms. The number of hydrogen-bond donors (Lipinski definition) is 1. The maximum atomic E-state index is 13.8. The molecule has 12 nitrogen and oxygen atoms in total. The molecule has 0 saturated heterocycles. The van der Waals surface area contributed by atoms with Crippen LogP contribution in [-0.4, -0.2) is 64.9 Å². The summed E-state index contributed by atoms with van der Waals surface area (Å²) in [6.45, 7) is 1.32. The Morgan fingerprint density at radius 1 is 0.774 bits per heavy atom. The van der Waals surface area contributed by atoms with Crippen LogP contribution in [0.25, 0.3) is 0 Å². The quantitative estimate of drug-likeness (QED) is 0.0889. The molecule has 1 amide bonds. The van der Waals surface area contributed by atoms with Crippen LogP contribution in [0.4, 0.5) is 0 Å². The predicted molar refractivity (Wildman–Crippen MR) is 202 cm³/mol. The van der Waals surface area contributed by atoms with Crippen molar-refractivity contribution in [2.45, 2.75) is 36.2 Å². The Kier molecular flexibility index (Phi) is 13.1. The first-order valence-electron chi connectivity index (χ1n) is 16.4. The summed E-state index contributed by atoms with van der Waals surface area (Å²) < 4.78 is 73.8. The highest BCUT2D eigenvalue weighted by Crippen LogP contribution is 2.31. The first-order valence-corrected chi connectivity index (χ1v) is 19.6. The highest BCUT2D eigenvalue weighted by atomic mass is 35.5. The molecule has 1 aromatic heterocycles. The number of rotatable bonds is 17. The van der Waals surface area contributed by atoms with Crippen molar-refractivity contribution in [1.29, 1.82) is 0 Å². The molecule has 1 N–H and O–H groups in total. The Balaban J connectivity index is 1.29. The number of furan rings is 1. The molecular formula is C38H39ClN4O8S2. The van der Waals surface area contributed by atoms with Crippen LogP contribution >= 0.6 is 11.6 Å². The van der Waals surface area contributed by atoms with E-state index in [2.05, 4.69) is 10.5 Å². The van der Waals surface area contributed by atoms with E-state index in [0.29, 0.717) is 23.0 Å². The lowest BCUT2D eigenvalue weighted by atomic mass is 10.1. The van der Waals surface area contributed by atoms with E-state index in [1.165, 1.54) is 42.9 Å². The fourth-order valence-electron chi connectivity index (χ4n) is 5.27. The van der Waals surface area contributed by atoms with E-state index < -0.39 is 32.5 Å². The van der Waals surface area contributed by atoms with Gasteiger partial charge >= 0.3 is 0 Å². The van der Waals surface area contributed by atoms with Gasteiger partial charge in [0.25, 0.3) is 5.91 Å². The zero-order valence-electron chi connectivity index (χ0n) is 29.3. The number of ether oxygens (including phenoxy) is 2. The Morgan fingerprint density at radius 3 is 2.11 bits per heavy atom. The summed E-state index contributed by atoms with van der Waals surface area (Å²) in [7, 11) is -5.25. The van der Waals surface area contributed by atoms with E-state index in [1.807, 2.05) is 37.3 Å². The van der Waals surface area contributed by atoms with Gasteiger partial charge in [0.05, 0.1) is 43.3 Å². The topological polar surface area (TPSA) is 148 Å². The molecule has 0 bridgehead atoms. The highest BCUT2D eigenvalue weighted by Gasteiger charge is 2.28. The van der Waals surface area contributed by atoms with Crippen molar-refractivity contribution in [2.24, 2.45) is 5.10 Å². The molecule has 0 unspecified atom stereocenters. The van der Waals surface area contributed by atoms with Crippen molar-refractivity contribution in [3.8, 4) is 11.5 Å². The van der Waals surface area contributed by atoms with Crippen LogP contribution in [0.5, 0.6) is 11.5 Å². The van der Waals surface area contributed by atoms with Gasteiger partial charge in [-0.15, -0.1) is 0 Å². The number of hydrazone groups is 1. The first kappa shape index (κ1) is 39.2. The minimum atomic E-state index is -4.16. The number of aryl methyl sites for hydroxylation is 1. The summed E-state index contributed by atoms with van der Waals surface area (Å²) in [5.74, 6) is 0.458. The average Bonchev–Trinajstić information content (AvgIpc) is 3.61. The van der Waals surface area contributed by atoms with Gasteiger partial charge in [0.15, 0.2) is 11.5 Å². The van der Waals surface area contributed by atoms with Crippen LogP contribution in [0.15, 0.2) is 129 Å². The van der Waals surface area contributed by atoms with Crippen LogP contribution in [0, 0.1) is 6.92 Å². The van der Waals surface area contributed by atoms with Crippen LogP contribution in [-0.2, 0) is 44.4 Å². The first-order chi connectivity index (χ1) is 25.4. The number of sulfonamides is 2. The monoisotopic (exact) mass is 778 g/mol. The van der Waals surface area contributed by atoms with E-state index in [9.17, 15) is 21.6 Å². The summed E-state index contributed by atoms with van der Waals surface area (Å²) >= 11 is 6.05. The van der Waals surface area contributed by atoms with Gasteiger partial charge in [0, 0.05) is 24.2 Å². The van der Waals surface area contributed by atoms with Gasteiger partial charge in [-0.3, -0.25) is 4.79 Å². The average molecular weight is 779 g/mol. The predicted octanol–water partition coefficient (Wildman–Crippen LogP) is 6.03. The Morgan fingerprint density at radius 2 is 1.43 bits per heavy atom. The number of halogens is 1. The van der Waals surface area contributed by atoms with E-state index >= 15 is 0 Å². The molecule has 5 aromatic rings. The molecule has 4 aromatic carbocycles. The van der Waals surface area contributed by atoms with Gasteiger partial charge in [-0.25, -0.2) is 22.3 Å². The van der Waals surface area contributed by atoms with Gasteiger partial charge in [0.1, 0.15) is 11.5 Å². The Hall–Kier alpha value is -4.99. The molecule has 1 heterocycles. The van der Waals surface area contributed by atoms with Crippen molar-refractivity contribution < 1.29 is 35.5 Å². The zero-order chi connectivity index (χ0) is 38.0. The number of methoxy groups -OCH3 is 2. The number of nitrogens with zero attached hydrogens (tertiary/aromatic N) is 3. The minimum Gasteiger partial charge on any atom is -0.493 e. The van der Waals surface area contributed by atoms with E-state index in [-0.39, 0.29) is 40.9 Å². The lowest BCUT2D eigenvalue weighted by Gasteiger charge is -2.22. The van der Waals surface area contributed by atoms with E-state index in [4.69, 9.17) is 25.5 Å². The standard InChI is InChI=1S/C38H39ClN4O8S2/c1-28-9-17-34(18-10-28)52(45,46)43(25-30-11-13-31(39)14-12-30)26-33-16-15-32(51-33)24-40-41-38(44)27-42(22-21-29-7-5-4-6-8-29)53(47,48)35-19-20-36(49-2)37(23-35)50-3/h4-20,23-24H,21-22,25-27H2,1-3H3,(H,41,44)/b40-24-. The minimum absolute atomic E-state index is 0.0113. The molecule has 0 radical (unpaired) electrons. The largest absolute Gasteiger partial charge is 0.493 e. The van der Waals surface area contributed by atoms with Gasteiger partial charge < -0.3 is 13.9 Å². The van der Waals surface area contributed by atoms with Crippen LogP contribution < -0.4 is 14.9 Å². The maximum absolute atomic E-state index is 13.8. The van der Waals surface area contributed by atoms with Crippen molar-refractivity contribution in [3.05, 3.63) is 142 Å². The van der Waals surface area contributed by atoms with Crippen LogP contribution in [0.1, 0.15) is 28.2 Å². The molecule has 0 saturated carbocycles. The molecular weight excluding hydrogens is 740 g/mol. The molecule has 0 aliphatic carbocycles. The summed E-state index contributed by atoms with van der Waals surface area (Å²) in [6, 6.07) is 30.2. The van der Waals surface area contributed by atoms with Crippen molar-refractivity contribution >= 4 is 43.8 Å². The smallest absolute Gasteiger partial charge is 0.255 e. The summed E-state index contributed by atoms with van der Waals surface area (Å²) in [5.41, 5.74) is 4.91. The second-order valence-electron chi connectivity index (χ2n) is 11.9. The second kappa shape index (κ2) is 17.7. The summed E-state index contributed by atoms with van der Waals surface area (Å²) in [4.78, 5) is 13.1. The van der Waals surface area contributed by atoms with Gasteiger partial charge in [-0.05, 0) is 73.0 Å². The zero-order valence-corrected chi connectivity index (χ0v) is 31.7. The third kappa shape index (κ3) is 10.3. The molecule has 278 valence electrons. The van der Waals surface area contributed by atoms with Gasteiger partial charge in [-0.1, -0.05) is 71.8 Å². The highest BCUT2D eigenvalue weighted by molar-refractivity contribution is 7.89. The molecule has 5 rings (SSSR count). The summed E-state index contributed by atoms with van der Waals surface area (Å²) in [6.07, 6.45) is 1.60. The Bertz CT molecular complexity index is 2250. The van der Waals surface area contributed by atoms with Crippen molar-refractivity contribution in [1.82, 2.24) is 14.0 Å². The molecule has 0 aliphatic rings. The lowest BCUT2D eigenvalue weighted by molar-refractivity contribution is -0.121. The van der Waals surface area contributed by atoms with Crippen LogP contribution in [0.2, 0.25) is 5.02 Å². The molecule has 0 fully saturated rings. The second-order valence-corrected chi connectivity index (χ2v) is 16.2. The Labute approximate surface area is 314 Å². The number of carbonyl (C=O) groups excluding carboxylic acids is 1. The SMILES string of the molecule is COc1ccc(S(=O)(=O)N(CCc2ccccc2)CC(=O)N/N=C\c2ccc(CN(Cc3ccc(Cl)cc3)S(=O)(=O)c3ccc(C)cc3)o2)cc1OC. The number of amides is 1. The number of nitrogens with one attached hydrogen (secondary N) is 1. The third-order valence-electron chi connectivity index (χ3n) is 8.13. The lowest BCUT2D eigenvalue weighted by Crippen LogP contribution is -2.40.